The van der Waals surface area contributed by atoms with E-state index in [-0.39, 0.29) is 11.6 Å². The molecule has 0 unspecified atom stereocenters. The van der Waals surface area contributed by atoms with Gasteiger partial charge in [-0.1, -0.05) is 6.07 Å². The van der Waals surface area contributed by atoms with Crippen LogP contribution in [0.3, 0.4) is 0 Å². The molecule has 1 amide bonds. The van der Waals surface area contributed by atoms with Gasteiger partial charge in [-0.3, -0.25) is 14.9 Å². The molecule has 0 saturated heterocycles. The summed E-state index contributed by atoms with van der Waals surface area (Å²) in [7, 11) is 1.66. The zero-order chi connectivity index (χ0) is 15.4. The number of hydrogen-bond donors (Lipinski definition) is 2. The monoisotopic (exact) mass is 286 g/mol. The molecule has 2 aromatic rings. The number of carbonyl (C=O) groups excluding carboxylic acids is 1. The van der Waals surface area contributed by atoms with Gasteiger partial charge in [0.15, 0.2) is 0 Å². The number of nitrogens with zero attached hydrogens (tertiary/aromatic N) is 2. The number of nitro groups is 1. The Morgan fingerprint density at radius 1 is 1.29 bits per heavy atom. The number of aromatic nitrogens is 1. The van der Waals surface area contributed by atoms with E-state index in [1.807, 2.05) is 0 Å². The van der Waals surface area contributed by atoms with Gasteiger partial charge >= 0.3 is 0 Å². The second-order valence-corrected chi connectivity index (χ2v) is 4.31. The maximum atomic E-state index is 12.3. The molecule has 0 aliphatic rings. The highest BCUT2D eigenvalue weighted by molar-refractivity contribution is 6.07. The minimum atomic E-state index is -0.478. The Morgan fingerprint density at radius 2 is 2.05 bits per heavy atom. The van der Waals surface area contributed by atoms with Crippen LogP contribution in [0, 0.1) is 17.0 Å². The molecule has 1 heterocycles. The van der Waals surface area contributed by atoms with Crippen LogP contribution in [-0.4, -0.2) is 22.9 Å². The Kier molecular flexibility index (Phi) is 4.13. The first kappa shape index (κ1) is 14.4. The first-order valence-corrected chi connectivity index (χ1v) is 6.22. The van der Waals surface area contributed by atoms with Crippen LogP contribution in [0.2, 0.25) is 0 Å². The van der Waals surface area contributed by atoms with Crippen molar-refractivity contribution in [2.45, 2.75) is 6.92 Å². The van der Waals surface area contributed by atoms with E-state index in [0.29, 0.717) is 22.6 Å². The van der Waals surface area contributed by atoms with E-state index >= 15 is 0 Å². The van der Waals surface area contributed by atoms with Gasteiger partial charge in [0, 0.05) is 19.3 Å². The molecule has 2 N–H and O–H groups in total. The van der Waals surface area contributed by atoms with Crippen molar-refractivity contribution in [2.24, 2.45) is 0 Å². The van der Waals surface area contributed by atoms with Crippen molar-refractivity contribution in [3.8, 4) is 0 Å². The van der Waals surface area contributed by atoms with Gasteiger partial charge in [0.2, 0.25) is 0 Å². The molecule has 21 heavy (non-hydrogen) atoms. The highest BCUT2D eigenvalue weighted by Crippen LogP contribution is 2.25. The molecule has 7 heteroatoms. The molecule has 0 fully saturated rings. The lowest BCUT2D eigenvalue weighted by Crippen LogP contribution is -2.15. The minimum Gasteiger partial charge on any atom is -0.372 e. The number of nitrogens with one attached hydrogen (secondary N) is 2. The summed E-state index contributed by atoms with van der Waals surface area (Å²) in [5, 5.41) is 16.4. The van der Waals surface area contributed by atoms with Gasteiger partial charge in [-0.05, 0) is 25.1 Å². The van der Waals surface area contributed by atoms with Crippen LogP contribution in [0.25, 0.3) is 0 Å². The van der Waals surface area contributed by atoms with Crippen LogP contribution >= 0.6 is 0 Å². The van der Waals surface area contributed by atoms with Gasteiger partial charge in [0.25, 0.3) is 11.6 Å². The van der Waals surface area contributed by atoms with Crippen LogP contribution in [0.5, 0.6) is 0 Å². The van der Waals surface area contributed by atoms with Gasteiger partial charge in [0.05, 0.1) is 21.7 Å². The normalized spacial score (nSPS) is 10.0. The first-order valence-electron chi connectivity index (χ1n) is 6.22. The number of rotatable bonds is 4. The second kappa shape index (κ2) is 6.00. The third-order valence-electron chi connectivity index (χ3n) is 3.04. The smallest absolute Gasteiger partial charge is 0.274 e. The second-order valence-electron chi connectivity index (χ2n) is 4.31. The quantitative estimate of drug-likeness (QED) is 0.665. The molecule has 0 atom stereocenters. The van der Waals surface area contributed by atoms with Crippen molar-refractivity contribution in [3.05, 3.63) is 57.8 Å². The maximum absolute atomic E-state index is 12.3. The highest BCUT2D eigenvalue weighted by Gasteiger charge is 2.17. The summed E-state index contributed by atoms with van der Waals surface area (Å²) in [6.07, 6.45) is 1.57. The standard InChI is InChI=1S/C14H14N4O3/c1-9-11(6-3-7-12(9)18(20)21)17-14(19)10-5-4-8-16-13(10)15-2/h3-8H,1-2H3,(H,15,16)(H,17,19). The molecular weight excluding hydrogens is 272 g/mol. The summed E-state index contributed by atoms with van der Waals surface area (Å²) in [5.74, 6) is 0.0640. The van der Waals surface area contributed by atoms with E-state index in [1.54, 1.807) is 38.4 Å². The Morgan fingerprint density at radius 3 is 2.71 bits per heavy atom. The Hall–Kier alpha value is -2.96. The fourth-order valence-electron chi connectivity index (χ4n) is 1.93. The van der Waals surface area contributed by atoms with E-state index in [0.717, 1.165) is 0 Å². The van der Waals surface area contributed by atoms with E-state index in [2.05, 4.69) is 15.6 Å². The molecule has 7 nitrogen and oxygen atoms in total. The molecule has 0 radical (unpaired) electrons. The molecule has 2 rings (SSSR count). The Balaban J connectivity index is 2.32. The van der Waals surface area contributed by atoms with Crippen LogP contribution in [0.1, 0.15) is 15.9 Å². The van der Waals surface area contributed by atoms with Crippen LogP contribution in [-0.2, 0) is 0 Å². The van der Waals surface area contributed by atoms with Gasteiger partial charge in [-0.15, -0.1) is 0 Å². The largest absolute Gasteiger partial charge is 0.372 e. The van der Waals surface area contributed by atoms with E-state index < -0.39 is 4.92 Å². The number of anilines is 2. The SMILES string of the molecule is CNc1ncccc1C(=O)Nc1cccc([N+](=O)[O-])c1C. The minimum absolute atomic E-state index is 0.0344. The zero-order valence-electron chi connectivity index (χ0n) is 11.6. The molecule has 108 valence electrons. The number of pyridine rings is 1. The summed E-state index contributed by atoms with van der Waals surface area (Å²) in [5.41, 5.74) is 1.14. The summed E-state index contributed by atoms with van der Waals surface area (Å²) < 4.78 is 0. The predicted octanol–water partition coefficient (Wildman–Crippen LogP) is 2.59. The van der Waals surface area contributed by atoms with Gasteiger partial charge in [0.1, 0.15) is 5.82 Å². The fraction of sp³-hybridized carbons (Fsp3) is 0.143. The van der Waals surface area contributed by atoms with Crippen LogP contribution in [0.4, 0.5) is 17.2 Å². The summed E-state index contributed by atoms with van der Waals surface area (Å²) >= 11 is 0. The molecule has 1 aromatic heterocycles. The lowest BCUT2D eigenvalue weighted by molar-refractivity contribution is -0.385. The predicted molar refractivity (Wildman–Crippen MR) is 79.6 cm³/mol. The van der Waals surface area contributed by atoms with Gasteiger partial charge in [-0.25, -0.2) is 4.98 Å². The van der Waals surface area contributed by atoms with Gasteiger partial charge in [-0.2, -0.15) is 0 Å². The van der Waals surface area contributed by atoms with E-state index in [1.165, 1.54) is 12.1 Å². The zero-order valence-corrected chi connectivity index (χ0v) is 11.6. The maximum Gasteiger partial charge on any atom is 0.274 e. The van der Waals surface area contributed by atoms with Crippen molar-refractivity contribution < 1.29 is 9.72 Å². The van der Waals surface area contributed by atoms with Crippen molar-refractivity contribution in [1.29, 1.82) is 0 Å². The van der Waals surface area contributed by atoms with Crippen LogP contribution in [0.15, 0.2) is 36.5 Å². The lowest BCUT2D eigenvalue weighted by Gasteiger charge is -2.10. The highest BCUT2D eigenvalue weighted by atomic mass is 16.6. The average molecular weight is 286 g/mol. The molecule has 0 aliphatic heterocycles. The van der Waals surface area contributed by atoms with Crippen molar-refractivity contribution in [2.75, 3.05) is 17.7 Å². The summed E-state index contributed by atoms with van der Waals surface area (Å²) in [6, 6.07) is 7.82. The number of amides is 1. The van der Waals surface area contributed by atoms with Gasteiger partial charge < -0.3 is 10.6 Å². The first-order chi connectivity index (χ1) is 10.0. The van der Waals surface area contributed by atoms with Crippen molar-refractivity contribution in [3.63, 3.8) is 0 Å². The van der Waals surface area contributed by atoms with E-state index in [4.69, 9.17) is 0 Å². The molecule has 0 aliphatic carbocycles. The van der Waals surface area contributed by atoms with E-state index in [9.17, 15) is 14.9 Å². The number of hydrogen-bond acceptors (Lipinski definition) is 5. The third-order valence-corrected chi connectivity index (χ3v) is 3.04. The molecule has 0 saturated carbocycles. The lowest BCUT2D eigenvalue weighted by atomic mass is 10.1. The molecule has 0 bridgehead atoms. The van der Waals surface area contributed by atoms with Crippen LogP contribution < -0.4 is 10.6 Å². The third kappa shape index (κ3) is 2.97. The Bertz CT molecular complexity index is 700. The average Bonchev–Trinajstić information content (AvgIpc) is 2.48. The molecular formula is C14H14N4O3. The van der Waals surface area contributed by atoms with Crippen molar-refractivity contribution >= 4 is 23.1 Å². The molecule has 0 spiro atoms. The number of benzene rings is 1. The summed E-state index contributed by atoms with van der Waals surface area (Å²) in [4.78, 5) is 26.7. The number of carbonyl (C=O) groups is 1. The topological polar surface area (TPSA) is 97.2 Å². The van der Waals surface area contributed by atoms with Crippen molar-refractivity contribution in [1.82, 2.24) is 4.98 Å². The fourth-order valence-corrected chi connectivity index (χ4v) is 1.93. The summed E-state index contributed by atoms with van der Waals surface area (Å²) in [6.45, 7) is 1.59. The Labute approximate surface area is 121 Å². The molecule has 1 aromatic carbocycles. The number of nitro benzene ring substituents is 1.